The molecule has 0 aromatic rings. The van der Waals surface area contributed by atoms with E-state index in [4.69, 9.17) is 0 Å². The number of hydrogen-bond donors (Lipinski definition) is 1. The van der Waals surface area contributed by atoms with Crippen LogP contribution in [0.2, 0.25) is 0 Å². The van der Waals surface area contributed by atoms with Crippen LogP contribution in [0.3, 0.4) is 0 Å². The van der Waals surface area contributed by atoms with E-state index in [1.165, 1.54) is 44.9 Å². The van der Waals surface area contributed by atoms with Crippen LogP contribution < -0.4 is 5.32 Å². The number of likely N-dealkylation sites (tertiary alicyclic amines) is 1. The molecule has 108 valence electrons. The van der Waals surface area contributed by atoms with Crippen molar-refractivity contribution in [2.24, 2.45) is 0 Å². The quantitative estimate of drug-likeness (QED) is 0.678. The summed E-state index contributed by atoms with van der Waals surface area (Å²) in [6.45, 7) is 5.98. The molecule has 1 saturated heterocycles. The maximum absolute atomic E-state index is 11.0. The number of hydrogen-bond acceptors (Lipinski definition) is 4. The van der Waals surface area contributed by atoms with Gasteiger partial charge in [-0.1, -0.05) is 19.8 Å². The second kappa shape index (κ2) is 8.12. The van der Waals surface area contributed by atoms with Gasteiger partial charge in [0.05, 0.1) is 5.75 Å². The third kappa shape index (κ3) is 6.71. The van der Waals surface area contributed by atoms with E-state index >= 15 is 0 Å². The van der Waals surface area contributed by atoms with Gasteiger partial charge in [-0.15, -0.1) is 0 Å². The summed E-state index contributed by atoms with van der Waals surface area (Å²) in [6.07, 6.45) is 7.84. The van der Waals surface area contributed by atoms with Crippen molar-refractivity contribution in [1.29, 1.82) is 0 Å². The minimum Gasteiger partial charge on any atom is -0.314 e. The molecule has 1 unspecified atom stereocenters. The fourth-order valence-corrected chi connectivity index (χ4v) is 3.13. The molecule has 5 heteroatoms. The lowest BCUT2D eigenvalue weighted by Gasteiger charge is -2.35. The standard InChI is InChI=1S/C13H28N2O2S/c1-3-6-13-7-4-5-10-15(13)11-8-14-9-12-18(2,16)17/h13-14H,3-12H2,1-2H3. The van der Waals surface area contributed by atoms with Gasteiger partial charge in [0.25, 0.3) is 0 Å². The van der Waals surface area contributed by atoms with Gasteiger partial charge in [-0.3, -0.25) is 4.90 Å². The summed E-state index contributed by atoms with van der Waals surface area (Å²) in [6, 6.07) is 0.750. The summed E-state index contributed by atoms with van der Waals surface area (Å²) in [7, 11) is -2.82. The van der Waals surface area contributed by atoms with Crippen molar-refractivity contribution in [2.45, 2.75) is 45.1 Å². The van der Waals surface area contributed by atoms with Crippen molar-refractivity contribution in [3.8, 4) is 0 Å². The van der Waals surface area contributed by atoms with Gasteiger partial charge in [-0.05, 0) is 25.8 Å². The van der Waals surface area contributed by atoms with Crippen LogP contribution in [0.25, 0.3) is 0 Å². The summed E-state index contributed by atoms with van der Waals surface area (Å²) < 4.78 is 22.0. The van der Waals surface area contributed by atoms with E-state index in [-0.39, 0.29) is 5.75 Å². The zero-order valence-electron chi connectivity index (χ0n) is 11.8. The Balaban J connectivity index is 2.16. The average molecular weight is 276 g/mol. The van der Waals surface area contributed by atoms with Crippen LogP contribution in [0.5, 0.6) is 0 Å². The third-order valence-corrected chi connectivity index (χ3v) is 4.54. The largest absolute Gasteiger partial charge is 0.314 e. The lowest BCUT2D eigenvalue weighted by atomic mass is 9.98. The van der Waals surface area contributed by atoms with E-state index in [0.29, 0.717) is 6.54 Å². The summed E-state index contributed by atoms with van der Waals surface area (Å²) >= 11 is 0. The highest BCUT2D eigenvalue weighted by Gasteiger charge is 2.20. The van der Waals surface area contributed by atoms with E-state index in [2.05, 4.69) is 17.1 Å². The van der Waals surface area contributed by atoms with Gasteiger partial charge in [0.1, 0.15) is 9.84 Å². The molecule has 0 bridgehead atoms. The number of sulfone groups is 1. The van der Waals surface area contributed by atoms with Crippen LogP contribution in [0, 0.1) is 0 Å². The van der Waals surface area contributed by atoms with Gasteiger partial charge in [-0.2, -0.15) is 0 Å². The number of nitrogens with one attached hydrogen (secondary N) is 1. The van der Waals surface area contributed by atoms with Gasteiger partial charge in [0.15, 0.2) is 0 Å². The Morgan fingerprint density at radius 2 is 2.06 bits per heavy atom. The molecule has 1 aliphatic heterocycles. The van der Waals surface area contributed by atoms with Gasteiger partial charge in [0, 0.05) is 31.9 Å². The Hall–Kier alpha value is -0.130. The van der Waals surface area contributed by atoms with Crippen molar-refractivity contribution in [2.75, 3.05) is 38.2 Å². The fourth-order valence-electron chi connectivity index (χ4n) is 2.62. The topological polar surface area (TPSA) is 49.4 Å². The molecule has 1 N–H and O–H groups in total. The SMILES string of the molecule is CCCC1CCCCN1CCNCCS(C)(=O)=O. The molecular weight excluding hydrogens is 248 g/mol. The lowest BCUT2D eigenvalue weighted by Crippen LogP contribution is -2.43. The van der Waals surface area contributed by atoms with Crippen molar-refractivity contribution in [1.82, 2.24) is 10.2 Å². The number of piperidine rings is 1. The summed E-state index contributed by atoms with van der Waals surface area (Å²) in [4.78, 5) is 2.57. The molecular formula is C13H28N2O2S. The summed E-state index contributed by atoms with van der Waals surface area (Å²) in [5, 5.41) is 3.23. The highest BCUT2D eigenvalue weighted by molar-refractivity contribution is 7.90. The molecule has 0 spiro atoms. The van der Waals surface area contributed by atoms with Crippen LogP contribution in [0.4, 0.5) is 0 Å². The van der Waals surface area contributed by atoms with Crippen LogP contribution >= 0.6 is 0 Å². The molecule has 4 nitrogen and oxygen atoms in total. The molecule has 0 radical (unpaired) electrons. The fraction of sp³-hybridized carbons (Fsp3) is 1.00. The third-order valence-electron chi connectivity index (χ3n) is 3.60. The van der Waals surface area contributed by atoms with Gasteiger partial charge in [0.2, 0.25) is 0 Å². The molecule has 1 fully saturated rings. The number of rotatable bonds is 8. The van der Waals surface area contributed by atoms with Gasteiger partial charge < -0.3 is 5.32 Å². The Bertz CT molecular complexity index is 315. The molecule has 1 atom stereocenters. The monoisotopic (exact) mass is 276 g/mol. The van der Waals surface area contributed by atoms with E-state index in [1.807, 2.05) is 0 Å². The molecule has 18 heavy (non-hydrogen) atoms. The highest BCUT2D eigenvalue weighted by atomic mass is 32.2. The molecule has 1 heterocycles. The van der Waals surface area contributed by atoms with Gasteiger partial charge in [-0.25, -0.2) is 8.42 Å². The Morgan fingerprint density at radius 3 is 2.72 bits per heavy atom. The zero-order chi connectivity index (χ0) is 13.4. The molecule has 0 amide bonds. The Labute approximate surface area is 112 Å². The first-order chi connectivity index (χ1) is 8.53. The average Bonchev–Trinajstić information content (AvgIpc) is 2.29. The predicted molar refractivity (Wildman–Crippen MR) is 76.7 cm³/mol. The highest BCUT2D eigenvalue weighted by Crippen LogP contribution is 2.19. The van der Waals surface area contributed by atoms with Crippen LogP contribution in [0.15, 0.2) is 0 Å². The Morgan fingerprint density at radius 1 is 1.28 bits per heavy atom. The van der Waals surface area contributed by atoms with Crippen LogP contribution in [-0.2, 0) is 9.84 Å². The normalized spacial score (nSPS) is 22.2. The van der Waals surface area contributed by atoms with Crippen molar-refractivity contribution in [3.05, 3.63) is 0 Å². The van der Waals surface area contributed by atoms with E-state index in [9.17, 15) is 8.42 Å². The summed E-state index contributed by atoms with van der Waals surface area (Å²) in [5.74, 6) is 0.241. The molecule has 0 aliphatic carbocycles. The minimum absolute atomic E-state index is 0.241. The lowest BCUT2D eigenvalue weighted by molar-refractivity contribution is 0.140. The summed E-state index contributed by atoms with van der Waals surface area (Å²) in [5.41, 5.74) is 0. The van der Waals surface area contributed by atoms with E-state index in [1.54, 1.807) is 0 Å². The molecule has 0 aromatic heterocycles. The van der Waals surface area contributed by atoms with Crippen LogP contribution in [-0.4, -0.2) is 57.5 Å². The van der Waals surface area contributed by atoms with Crippen LogP contribution in [0.1, 0.15) is 39.0 Å². The molecule has 0 aromatic carbocycles. The molecule has 0 saturated carbocycles. The maximum Gasteiger partial charge on any atom is 0.148 e. The smallest absolute Gasteiger partial charge is 0.148 e. The van der Waals surface area contributed by atoms with E-state index < -0.39 is 9.84 Å². The zero-order valence-corrected chi connectivity index (χ0v) is 12.6. The van der Waals surface area contributed by atoms with Gasteiger partial charge >= 0.3 is 0 Å². The first-order valence-corrected chi connectivity index (χ1v) is 9.21. The molecule has 1 rings (SSSR count). The first kappa shape index (κ1) is 15.9. The maximum atomic E-state index is 11.0. The van der Waals surface area contributed by atoms with Crippen molar-refractivity contribution >= 4 is 9.84 Å². The van der Waals surface area contributed by atoms with E-state index in [0.717, 1.165) is 19.1 Å². The van der Waals surface area contributed by atoms with Crippen molar-refractivity contribution in [3.63, 3.8) is 0 Å². The second-order valence-electron chi connectivity index (χ2n) is 5.35. The van der Waals surface area contributed by atoms with Crippen molar-refractivity contribution < 1.29 is 8.42 Å². The second-order valence-corrected chi connectivity index (χ2v) is 7.61. The molecule has 1 aliphatic rings. The first-order valence-electron chi connectivity index (χ1n) is 7.15. The minimum atomic E-state index is -2.82. The predicted octanol–water partition coefficient (Wildman–Crippen LogP) is 1.28. The Kier molecular flexibility index (Phi) is 7.19. The number of nitrogens with zero attached hydrogens (tertiary/aromatic N) is 1.